The van der Waals surface area contributed by atoms with Gasteiger partial charge >= 0.3 is 0 Å². The Bertz CT molecular complexity index is 1230. The van der Waals surface area contributed by atoms with Crippen LogP contribution in [-0.2, 0) is 14.8 Å². The number of amides is 1. The van der Waals surface area contributed by atoms with E-state index < -0.39 is 10.0 Å². The van der Waals surface area contributed by atoms with E-state index >= 15 is 0 Å². The maximum Gasteiger partial charge on any atom is 0.261 e. The molecule has 8 heteroatoms. The minimum atomic E-state index is -3.72. The third kappa shape index (κ3) is 4.87. The predicted molar refractivity (Wildman–Crippen MR) is 135 cm³/mol. The van der Waals surface area contributed by atoms with Crippen molar-refractivity contribution in [2.45, 2.75) is 30.0 Å². The Hall–Kier alpha value is -2.29. The lowest BCUT2D eigenvalue weighted by Gasteiger charge is -2.25. The molecule has 3 aromatic rings. The van der Waals surface area contributed by atoms with Gasteiger partial charge in [0, 0.05) is 15.8 Å². The van der Waals surface area contributed by atoms with Crippen LogP contribution >= 0.6 is 27.7 Å². The zero-order chi connectivity index (χ0) is 22.9. The fraction of sp³-hybridized carbons (Fsp3) is 0.208. The molecule has 5 nitrogen and oxygen atoms in total. The van der Waals surface area contributed by atoms with Gasteiger partial charge in [-0.3, -0.25) is 14.4 Å². The van der Waals surface area contributed by atoms with Crippen LogP contribution in [-0.4, -0.2) is 20.1 Å². The van der Waals surface area contributed by atoms with Gasteiger partial charge < -0.3 is 0 Å². The van der Waals surface area contributed by atoms with E-state index in [-0.39, 0.29) is 16.2 Å². The van der Waals surface area contributed by atoms with Crippen LogP contribution in [0.3, 0.4) is 0 Å². The summed E-state index contributed by atoms with van der Waals surface area (Å²) in [6, 6.07) is 21.8. The number of nitrogens with one attached hydrogen (secondary N) is 1. The van der Waals surface area contributed by atoms with E-state index in [1.54, 1.807) is 47.4 Å². The summed E-state index contributed by atoms with van der Waals surface area (Å²) in [6.45, 7) is 4.27. The normalized spacial score (nSPS) is 16.6. The maximum absolute atomic E-state index is 12.8. The lowest BCUT2D eigenvalue weighted by atomic mass is 10.0. The Labute approximate surface area is 201 Å². The Kier molecular flexibility index (Phi) is 6.65. The lowest BCUT2D eigenvalue weighted by molar-refractivity contribution is -0.115. The molecular formula is C24H23BrN2O3S2. The van der Waals surface area contributed by atoms with Crippen LogP contribution in [0.25, 0.3) is 0 Å². The van der Waals surface area contributed by atoms with Gasteiger partial charge in [0.1, 0.15) is 5.37 Å². The van der Waals surface area contributed by atoms with Gasteiger partial charge in [-0.25, -0.2) is 8.42 Å². The van der Waals surface area contributed by atoms with Crippen LogP contribution in [0.15, 0.2) is 82.2 Å². The van der Waals surface area contributed by atoms with E-state index in [1.165, 1.54) is 17.3 Å². The maximum atomic E-state index is 12.8. The van der Waals surface area contributed by atoms with E-state index in [0.29, 0.717) is 17.4 Å². The first kappa shape index (κ1) is 22.9. The molecule has 0 spiro atoms. The molecule has 0 unspecified atom stereocenters. The standard InChI is InChI=1S/C24H23BrN2O3S2/c1-16(2)17-6-10-21(11-7-17)27-23(28)15-31-24(27)18-4-3-5-20(14-18)26-32(29,30)22-12-8-19(25)9-13-22/h3-14,16,24,26H,15H2,1-2H3/t24-/m0/s1. The summed E-state index contributed by atoms with van der Waals surface area (Å²) < 4.78 is 29.0. The Morgan fingerprint density at radius 2 is 1.72 bits per heavy atom. The van der Waals surface area contributed by atoms with Gasteiger partial charge in [-0.15, -0.1) is 11.8 Å². The molecule has 0 aliphatic carbocycles. The highest BCUT2D eigenvalue weighted by atomic mass is 79.9. The van der Waals surface area contributed by atoms with Crippen molar-refractivity contribution in [3.63, 3.8) is 0 Å². The van der Waals surface area contributed by atoms with E-state index in [0.717, 1.165) is 15.7 Å². The molecular weight excluding hydrogens is 508 g/mol. The van der Waals surface area contributed by atoms with Crippen molar-refractivity contribution in [1.82, 2.24) is 0 Å². The van der Waals surface area contributed by atoms with E-state index in [1.807, 2.05) is 18.2 Å². The van der Waals surface area contributed by atoms with Crippen molar-refractivity contribution < 1.29 is 13.2 Å². The highest BCUT2D eigenvalue weighted by molar-refractivity contribution is 9.10. The highest BCUT2D eigenvalue weighted by Crippen LogP contribution is 2.42. The summed E-state index contributed by atoms with van der Waals surface area (Å²) in [5, 5.41) is -0.218. The Morgan fingerprint density at radius 3 is 2.38 bits per heavy atom. The number of hydrogen-bond donors (Lipinski definition) is 1. The summed E-state index contributed by atoms with van der Waals surface area (Å²) >= 11 is 4.85. The molecule has 1 atom stereocenters. The Morgan fingerprint density at radius 1 is 1.03 bits per heavy atom. The number of thioether (sulfide) groups is 1. The number of anilines is 2. The van der Waals surface area contributed by atoms with Crippen molar-refractivity contribution >= 4 is 55.0 Å². The molecule has 1 heterocycles. The number of sulfonamides is 1. The number of rotatable bonds is 6. The summed E-state index contributed by atoms with van der Waals surface area (Å²) in [5.41, 5.74) is 3.38. The highest BCUT2D eigenvalue weighted by Gasteiger charge is 2.34. The van der Waals surface area contributed by atoms with E-state index in [2.05, 4.69) is 46.6 Å². The third-order valence-corrected chi connectivity index (χ3v) is 8.39. The molecule has 0 radical (unpaired) electrons. The average molecular weight is 531 g/mol. The minimum absolute atomic E-state index is 0.0399. The molecule has 4 rings (SSSR count). The van der Waals surface area contributed by atoms with Crippen molar-refractivity contribution in [3.8, 4) is 0 Å². The van der Waals surface area contributed by atoms with Crippen molar-refractivity contribution in [2.75, 3.05) is 15.4 Å². The number of carbonyl (C=O) groups is 1. The molecule has 3 aromatic carbocycles. The monoisotopic (exact) mass is 530 g/mol. The second-order valence-corrected chi connectivity index (χ2v) is 11.5. The molecule has 1 amide bonds. The molecule has 1 saturated heterocycles. The first-order valence-electron chi connectivity index (χ1n) is 10.2. The zero-order valence-electron chi connectivity index (χ0n) is 17.7. The van der Waals surface area contributed by atoms with Crippen LogP contribution in [0.2, 0.25) is 0 Å². The molecule has 1 aliphatic rings. The predicted octanol–water partition coefficient (Wildman–Crippen LogP) is 6.15. The summed E-state index contributed by atoms with van der Waals surface area (Å²) in [7, 11) is -3.72. The third-order valence-electron chi connectivity index (χ3n) is 5.25. The van der Waals surface area contributed by atoms with Crippen LogP contribution in [0.1, 0.15) is 36.3 Å². The molecule has 166 valence electrons. The van der Waals surface area contributed by atoms with Crippen LogP contribution in [0.5, 0.6) is 0 Å². The van der Waals surface area contributed by atoms with Crippen LogP contribution in [0, 0.1) is 0 Å². The lowest BCUT2D eigenvalue weighted by Crippen LogP contribution is -2.27. The van der Waals surface area contributed by atoms with Crippen LogP contribution in [0.4, 0.5) is 11.4 Å². The van der Waals surface area contributed by atoms with Gasteiger partial charge in [-0.05, 0) is 65.6 Å². The topological polar surface area (TPSA) is 66.5 Å². The number of nitrogens with zero attached hydrogens (tertiary/aromatic N) is 1. The molecule has 1 aliphatic heterocycles. The fourth-order valence-corrected chi connectivity index (χ4v) is 6.03. The summed E-state index contributed by atoms with van der Waals surface area (Å²) in [4.78, 5) is 14.7. The fourth-order valence-electron chi connectivity index (χ4n) is 3.55. The molecule has 0 bridgehead atoms. The number of hydrogen-bond acceptors (Lipinski definition) is 4. The van der Waals surface area contributed by atoms with Crippen molar-refractivity contribution in [1.29, 1.82) is 0 Å². The zero-order valence-corrected chi connectivity index (χ0v) is 20.9. The largest absolute Gasteiger partial charge is 0.295 e. The first-order valence-corrected chi connectivity index (χ1v) is 13.5. The van der Waals surface area contributed by atoms with Gasteiger partial charge in [-0.2, -0.15) is 0 Å². The number of benzene rings is 3. The SMILES string of the molecule is CC(C)c1ccc(N2C(=O)CS[C@H]2c2cccc(NS(=O)(=O)c3ccc(Br)cc3)c2)cc1. The smallest absolute Gasteiger partial charge is 0.261 e. The molecule has 32 heavy (non-hydrogen) atoms. The van der Waals surface area contributed by atoms with Gasteiger partial charge in [0.15, 0.2) is 0 Å². The first-order chi connectivity index (χ1) is 15.2. The second-order valence-electron chi connectivity index (χ2n) is 7.86. The van der Waals surface area contributed by atoms with Crippen molar-refractivity contribution in [3.05, 3.63) is 88.4 Å². The second kappa shape index (κ2) is 9.29. The molecule has 0 aromatic heterocycles. The van der Waals surface area contributed by atoms with Gasteiger partial charge in [-0.1, -0.05) is 54.0 Å². The summed E-state index contributed by atoms with van der Waals surface area (Å²) in [6.07, 6.45) is 0. The minimum Gasteiger partial charge on any atom is -0.295 e. The quantitative estimate of drug-likeness (QED) is 0.414. The molecule has 1 fully saturated rings. The van der Waals surface area contributed by atoms with Gasteiger partial charge in [0.25, 0.3) is 10.0 Å². The van der Waals surface area contributed by atoms with E-state index in [9.17, 15) is 13.2 Å². The summed E-state index contributed by atoms with van der Waals surface area (Å²) in [5.74, 6) is 0.836. The number of carbonyl (C=O) groups excluding carboxylic acids is 1. The van der Waals surface area contributed by atoms with E-state index in [4.69, 9.17) is 0 Å². The molecule has 0 saturated carbocycles. The van der Waals surface area contributed by atoms with Gasteiger partial charge in [0.05, 0.1) is 10.6 Å². The number of halogens is 1. The molecule has 1 N–H and O–H groups in total. The average Bonchev–Trinajstić information content (AvgIpc) is 3.15. The van der Waals surface area contributed by atoms with Crippen molar-refractivity contribution in [2.24, 2.45) is 0 Å². The van der Waals surface area contributed by atoms with Gasteiger partial charge in [0.2, 0.25) is 5.91 Å². The van der Waals surface area contributed by atoms with Crippen LogP contribution < -0.4 is 9.62 Å². The Balaban J connectivity index is 1.60.